The van der Waals surface area contributed by atoms with Crippen LogP contribution in [0.15, 0.2) is 24.3 Å². The highest BCUT2D eigenvalue weighted by Crippen LogP contribution is 2.52. The molecule has 0 spiro atoms. The smallest absolute Gasteiger partial charge is 0.373 e. The van der Waals surface area contributed by atoms with Crippen LogP contribution in [-0.2, 0) is 19.1 Å². The third kappa shape index (κ3) is 3.91. The maximum atomic E-state index is 12.6. The minimum atomic E-state index is -1.89. The number of ether oxygens (including phenoxy) is 2. The van der Waals surface area contributed by atoms with Crippen molar-refractivity contribution in [1.82, 2.24) is 4.90 Å². The molecule has 2 N–H and O–H groups in total. The Morgan fingerprint density at radius 3 is 2.45 bits per heavy atom. The first-order chi connectivity index (χ1) is 13.7. The Morgan fingerprint density at radius 1 is 1.21 bits per heavy atom. The molecule has 2 aliphatic heterocycles. The zero-order valence-corrected chi connectivity index (χ0v) is 17.4. The van der Waals surface area contributed by atoms with E-state index in [9.17, 15) is 14.4 Å². The maximum Gasteiger partial charge on any atom is 0.417 e. The maximum absolute atomic E-state index is 12.6. The Hall–Kier alpha value is -2.32. The van der Waals surface area contributed by atoms with Crippen molar-refractivity contribution >= 4 is 35.3 Å². The van der Waals surface area contributed by atoms with Crippen molar-refractivity contribution in [2.24, 2.45) is 5.73 Å². The number of nitrogens with zero attached hydrogens (tertiary/aromatic N) is 2. The van der Waals surface area contributed by atoms with E-state index in [1.807, 2.05) is 31.2 Å². The molecular weight excluding hydrogens is 398 g/mol. The van der Waals surface area contributed by atoms with Crippen LogP contribution in [0.1, 0.15) is 33.1 Å². The molecule has 0 saturated carbocycles. The second kappa shape index (κ2) is 8.20. The van der Waals surface area contributed by atoms with Crippen LogP contribution in [0, 0.1) is 0 Å². The van der Waals surface area contributed by atoms with Crippen LogP contribution < -0.4 is 10.6 Å². The van der Waals surface area contributed by atoms with Crippen molar-refractivity contribution < 1.29 is 23.9 Å². The number of nitrogens with two attached hydrogens (primary N) is 1. The first-order valence-corrected chi connectivity index (χ1v) is 10.1. The van der Waals surface area contributed by atoms with Crippen LogP contribution in [0.4, 0.5) is 10.5 Å². The molecule has 2 unspecified atom stereocenters. The average Bonchev–Trinajstić information content (AvgIpc) is 3.34. The Bertz CT molecular complexity index is 811. The molecule has 9 heteroatoms. The number of para-hydroxylation sites is 1. The van der Waals surface area contributed by atoms with Crippen LogP contribution in [0.5, 0.6) is 0 Å². The predicted octanol–water partition coefficient (Wildman–Crippen LogP) is 2.33. The summed E-state index contributed by atoms with van der Waals surface area (Å²) in [6.07, 6.45) is 1.31. The topological polar surface area (TPSA) is 105 Å². The first-order valence-electron chi connectivity index (χ1n) is 9.76. The minimum Gasteiger partial charge on any atom is -0.373 e. The number of esters is 1. The SMILES string of the molecule is CCCCC1(C)OC1(C(N)=O)C(=O)OC(=O)N1CCN(c2ccccc2Cl)CC1. The van der Waals surface area contributed by atoms with Gasteiger partial charge < -0.3 is 25.0 Å². The predicted molar refractivity (Wildman–Crippen MR) is 108 cm³/mol. The quantitative estimate of drug-likeness (QED) is 0.427. The van der Waals surface area contributed by atoms with Gasteiger partial charge >= 0.3 is 12.1 Å². The minimum absolute atomic E-state index is 0.356. The number of carbonyl (C=O) groups excluding carboxylic acids is 3. The summed E-state index contributed by atoms with van der Waals surface area (Å²) in [6, 6.07) is 7.48. The van der Waals surface area contributed by atoms with Gasteiger partial charge in [0, 0.05) is 26.2 Å². The molecule has 0 bridgehead atoms. The van der Waals surface area contributed by atoms with Gasteiger partial charge in [-0.3, -0.25) is 4.79 Å². The number of epoxide rings is 1. The molecule has 2 aliphatic rings. The summed E-state index contributed by atoms with van der Waals surface area (Å²) in [6.45, 7) is 5.42. The number of hydrogen-bond donors (Lipinski definition) is 1. The highest BCUT2D eigenvalue weighted by molar-refractivity contribution is 6.33. The van der Waals surface area contributed by atoms with E-state index in [1.165, 1.54) is 4.90 Å². The summed E-state index contributed by atoms with van der Waals surface area (Å²) in [7, 11) is 0. The third-order valence-corrected chi connectivity index (χ3v) is 5.95. The van der Waals surface area contributed by atoms with Gasteiger partial charge in [-0.05, 0) is 25.5 Å². The molecular formula is C20H26ClN3O5. The standard InChI is InChI=1S/C20H26ClN3O5/c1-3-4-9-19(2)20(29-19,16(22)25)17(26)28-18(27)24-12-10-23(11-13-24)15-8-6-5-7-14(15)21/h5-8H,3-4,9-13H2,1-2H3,(H2,22,25). The Kier molecular flexibility index (Phi) is 6.05. The molecule has 1 aromatic rings. The highest BCUT2D eigenvalue weighted by atomic mass is 35.5. The fraction of sp³-hybridized carbons (Fsp3) is 0.550. The Morgan fingerprint density at radius 2 is 1.86 bits per heavy atom. The van der Waals surface area contributed by atoms with E-state index in [2.05, 4.69) is 4.90 Å². The number of hydrogen-bond acceptors (Lipinski definition) is 6. The van der Waals surface area contributed by atoms with Gasteiger partial charge in [0.25, 0.3) is 11.5 Å². The van der Waals surface area contributed by atoms with Gasteiger partial charge in [0.05, 0.1) is 10.7 Å². The average molecular weight is 424 g/mol. The molecule has 158 valence electrons. The number of unbranched alkanes of at least 4 members (excludes halogenated alkanes) is 1. The van der Waals surface area contributed by atoms with E-state index in [0.29, 0.717) is 37.6 Å². The summed E-state index contributed by atoms with van der Waals surface area (Å²) >= 11 is 6.23. The largest absolute Gasteiger partial charge is 0.417 e. The number of primary amides is 1. The number of amides is 2. The molecule has 2 saturated heterocycles. The number of benzene rings is 1. The normalized spacial score (nSPS) is 26.2. The van der Waals surface area contributed by atoms with Gasteiger partial charge in [-0.2, -0.15) is 0 Å². The molecule has 0 aromatic heterocycles. The Balaban J connectivity index is 1.59. The summed E-state index contributed by atoms with van der Waals surface area (Å²) in [5.74, 6) is -1.97. The van der Waals surface area contributed by atoms with Crippen molar-refractivity contribution in [3.63, 3.8) is 0 Å². The Labute approximate surface area is 174 Å². The van der Waals surface area contributed by atoms with Crippen LogP contribution in [-0.4, -0.2) is 60.3 Å². The number of halogens is 1. The summed E-state index contributed by atoms with van der Waals surface area (Å²) in [4.78, 5) is 40.5. The summed E-state index contributed by atoms with van der Waals surface area (Å²) in [5, 5.41) is 0.638. The van der Waals surface area contributed by atoms with E-state index in [1.54, 1.807) is 6.92 Å². The van der Waals surface area contributed by atoms with E-state index >= 15 is 0 Å². The van der Waals surface area contributed by atoms with Crippen molar-refractivity contribution in [3.8, 4) is 0 Å². The van der Waals surface area contributed by atoms with E-state index in [4.69, 9.17) is 26.8 Å². The van der Waals surface area contributed by atoms with E-state index in [0.717, 1.165) is 18.5 Å². The van der Waals surface area contributed by atoms with Gasteiger partial charge in [-0.25, -0.2) is 9.59 Å². The highest BCUT2D eigenvalue weighted by Gasteiger charge is 2.77. The molecule has 2 atom stereocenters. The van der Waals surface area contributed by atoms with Gasteiger partial charge in [0.15, 0.2) is 0 Å². The van der Waals surface area contributed by atoms with Gasteiger partial charge in [-0.1, -0.05) is 43.5 Å². The molecule has 3 rings (SSSR count). The fourth-order valence-corrected chi connectivity index (χ4v) is 4.03. The van der Waals surface area contributed by atoms with Crippen LogP contribution in [0.25, 0.3) is 0 Å². The van der Waals surface area contributed by atoms with E-state index in [-0.39, 0.29) is 0 Å². The fourth-order valence-electron chi connectivity index (χ4n) is 3.78. The molecule has 2 fully saturated rings. The number of carbonyl (C=O) groups is 3. The molecule has 0 aliphatic carbocycles. The van der Waals surface area contributed by atoms with Crippen molar-refractivity contribution in [2.75, 3.05) is 31.1 Å². The summed E-state index contributed by atoms with van der Waals surface area (Å²) < 4.78 is 10.4. The van der Waals surface area contributed by atoms with Crippen molar-refractivity contribution in [3.05, 3.63) is 29.3 Å². The van der Waals surface area contributed by atoms with Crippen LogP contribution in [0.3, 0.4) is 0 Å². The van der Waals surface area contributed by atoms with Crippen molar-refractivity contribution in [1.29, 1.82) is 0 Å². The molecule has 29 heavy (non-hydrogen) atoms. The lowest BCUT2D eigenvalue weighted by atomic mass is 9.89. The second-order valence-electron chi connectivity index (χ2n) is 7.56. The lowest BCUT2D eigenvalue weighted by molar-refractivity contribution is -0.148. The lowest BCUT2D eigenvalue weighted by Gasteiger charge is -2.35. The monoisotopic (exact) mass is 423 g/mol. The van der Waals surface area contributed by atoms with Gasteiger partial charge in [0.2, 0.25) is 0 Å². The van der Waals surface area contributed by atoms with Gasteiger partial charge in [0.1, 0.15) is 5.60 Å². The van der Waals surface area contributed by atoms with E-state index < -0.39 is 29.2 Å². The zero-order valence-electron chi connectivity index (χ0n) is 16.7. The van der Waals surface area contributed by atoms with Crippen molar-refractivity contribution in [2.45, 2.75) is 44.3 Å². The number of anilines is 1. The second-order valence-corrected chi connectivity index (χ2v) is 7.97. The lowest BCUT2D eigenvalue weighted by Crippen LogP contribution is -2.52. The molecule has 8 nitrogen and oxygen atoms in total. The van der Waals surface area contributed by atoms with Crippen LogP contribution in [0.2, 0.25) is 5.02 Å². The molecule has 0 radical (unpaired) electrons. The zero-order chi connectivity index (χ0) is 21.2. The third-order valence-electron chi connectivity index (χ3n) is 5.63. The number of rotatable bonds is 6. The number of piperazine rings is 1. The molecule has 1 aromatic carbocycles. The molecule has 2 heterocycles. The first kappa shape index (κ1) is 21.4. The van der Waals surface area contributed by atoms with Gasteiger partial charge in [-0.15, -0.1) is 0 Å². The molecule has 2 amide bonds. The summed E-state index contributed by atoms with van der Waals surface area (Å²) in [5.41, 5.74) is 3.39. The van der Waals surface area contributed by atoms with Crippen LogP contribution >= 0.6 is 11.6 Å².